The van der Waals surface area contributed by atoms with E-state index in [1.54, 1.807) is 36.2 Å². The summed E-state index contributed by atoms with van der Waals surface area (Å²) in [7, 11) is 3.11. The fraction of sp³-hybridized carbons (Fsp3) is 0.235. The Labute approximate surface area is 134 Å². The van der Waals surface area contributed by atoms with Gasteiger partial charge in [-0.3, -0.25) is 4.79 Å². The molecular formula is C17H17ClFNO2. The first kappa shape index (κ1) is 16.3. The lowest BCUT2D eigenvalue weighted by molar-refractivity contribution is -0.129. The Bertz CT molecular complexity index is 658. The molecule has 0 aromatic heterocycles. The molecule has 116 valence electrons. The van der Waals surface area contributed by atoms with E-state index in [9.17, 15) is 9.18 Å². The molecule has 3 nitrogen and oxygen atoms in total. The van der Waals surface area contributed by atoms with Crippen LogP contribution in [-0.2, 0) is 17.8 Å². The normalized spacial score (nSPS) is 10.4. The van der Waals surface area contributed by atoms with Gasteiger partial charge in [0.2, 0.25) is 5.91 Å². The number of likely N-dealkylation sites (N-methyl/N-ethyl adjacent to an activating group) is 1. The fourth-order valence-corrected chi connectivity index (χ4v) is 2.21. The second-order valence-corrected chi connectivity index (χ2v) is 5.46. The van der Waals surface area contributed by atoms with Crippen LogP contribution in [0.2, 0.25) is 5.02 Å². The summed E-state index contributed by atoms with van der Waals surface area (Å²) in [5, 5.41) is 0.637. The molecule has 0 aliphatic heterocycles. The maximum absolute atomic E-state index is 13.6. The van der Waals surface area contributed by atoms with Gasteiger partial charge in [0.25, 0.3) is 0 Å². The van der Waals surface area contributed by atoms with E-state index >= 15 is 0 Å². The first-order chi connectivity index (χ1) is 10.5. The second-order valence-electron chi connectivity index (χ2n) is 5.02. The van der Waals surface area contributed by atoms with E-state index < -0.39 is 5.82 Å². The van der Waals surface area contributed by atoms with E-state index in [2.05, 4.69) is 0 Å². The molecule has 0 unspecified atom stereocenters. The molecule has 1 amide bonds. The molecule has 0 saturated heterocycles. The number of nitrogens with zero attached hydrogens (tertiary/aromatic N) is 1. The number of hydrogen-bond acceptors (Lipinski definition) is 2. The lowest BCUT2D eigenvalue weighted by Crippen LogP contribution is -2.27. The van der Waals surface area contributed by atoms with Crippen molar-refractivity contribution in [1.82, 2.24) is 4.90 Å². The van der Waals surface area contributed by atoms with Crippen LogP contribution in [0, 0.1) is 5.82 Å². The highest BCUT2D eigenvalue weighted by Gasteiger charge is 2.12. The third kappa shape index (κ3) is 4.21. The van der Waals surface area contributed by atoms with Crippen LogP contribution in [0.3, 0.4) is 0 Å². The molecule has 0 aliphatic rings. The van der Waals surface area contributed by atoms with Gasteiger partial charge in [0, 0.05) is 18.6 Å². The zero-order valence-electron chi connectivity index (χ0n) is 12.5. The number of amides is 1. The standard InChI is InChI=1S/C17H17ClFNO2/c1-20(11-13-5-8-16(22-2)15(19)9-13)17(21)10-12-3-6-14(18)7-4-12/h3-9H,10-11H2,1-2H3. The summed E-state index contributed by atoms with van der Waals surface area (Å²) in [6, 6.07) is 11.8. The van der Waals surface area contributed by atoms with Gasteiger partial charge in [0.1, 0.15) is 0 Å². The molecule has 0 spiro atoms. The van der Waals surface area contributed by atoms with Crippen molar-refractivity contribution in [2.75, 3.05) is 14.2 Å². The summed E-state index contributed by atoms with van der Waals surface area (Å²) < 4.78 is 18.5. The molecule has 0 aliphatic carbocycles. The lowest BCUT2D eigenvalue weighted by atomic mass is 10.1. The zero-order chi connectivity index (χ0) is 16.1. The van der Waals surface area contributed by atoms with E-state index in [0.29, 0.717) is 17.1 Å². The predicted molar refractivity (Wildman–Crippen MR) is 84.6 cm³/mol. The molecular weight excluding hydrogens is 305 g/mol. The number of benzene rings is 2. The molecule has 22 heavy (non-hydrogen) atoms. The molecule has 0 heterocycles. The number of hydrogen-bond donors (Lipinski definition) is 0. The molecule has 0 N–H and O–H groups in total. The molecule has 2 aromatic carbocycles. The first-order valence-electron chi connectivity index (χ1n) is 6.80. The fourth-order valence-electron chi connectivity index (χ4n) is 2.08. The Balaban J connectivity index is 1.99. The van der Waals surface area contributed by atoms with Crippen molar-refractivity contribution in [1.29, 1.82) is 0 Å². The average Bonchev–Trinajstić information content (AvgIpc) is 2.49. The minimum atomic E-state index is -0.432. The van der Waals surface area contributed by atoms with Crippen LogP contribution >= 0.6 is 11.6 Å². The van der Waals surface area contributed by atoms with Crippen LogP contribution in [0.4, 0.5) is 4.39 Å². The monoisotopic (exact) mass is 321 g/mol. The summed E-state index contributed by atoms with van der Waals surface area (Å²) in [5.41, 5.74) is 1.60. The van der Waals surface area contributed by atoms with E-state index in [-0.39, 0.29) is 18.1 Å². The highest BCUT2D eigenvalue weighted by Crippen LogP contribution is 2.18. The van der Waals surface area contributed by atoms with Crippen LogP contribution in [0.15, 0.2) is 42.5 Å². The SMILES string of the molecule is COc1ccc(CN(C)C(=O)Cc2ccc(Cl)cc2)cc1F. The largest absolute Gasteiger partial charge is 0.494 e. The topological polar surface area (TPSA) is 29.5 Å². The van der Waals surface area contributed by atoms with Crippen molar-refractivity contribution in [3.8, 4) is 5.75 Å². The molecule has 0 bridgehead atoms. The van der Waals surface area contributed by atoms with Crippen LogP contribution in [0.1, 0.15) is 11.1 Å². The molecule has 2 rings (SSSR count). The van der Waals surface area contributed by atoms with Crippen LogP contribution in [0.5, 0.6) is 5.75 Å². The molecule has 5 heteroatoms. The summed E-state index contributed by atoms with van der Waals surface area (Å²) in [6.45, 7) is 0.341. The van der Waals surface area contributed by atoms with Crippen LogP contribution < -0.4 is 4.74 Å². The summed E-state index contributed by atoms with van der Waals surface area (Å²) >= 11 is 5.82. The molecule has 0 atom stereocenters. The minimum absolute atomic E-state index is 0.0430. The number of carbonyl (C=O) groups is 1. The minimum Gasteiger partial charge on any atom is -0.494 e. The number of rotatable bonds is 5. The van der Waals surface area contributed by atoms with Gasteiger partial charge < -0.3 is 9.64 Å². The van der Waals surface area contributed by atoms with E-state index in [4.69, 9.17) is 16.3 Å². The van der Waals surface area contributed by atoms with E-state index in [0.717, 1.165) is 5.56 Å². The van der Waals surface area contributed by atoms with Crippen LogP contribution in [0.25, 0.3) is 0 Å². The van der Waals surface area contributed by atoms with Gasteiger partial charge in [-0.05, 0) is 35.4 Å². The van der Waals surface area contributed by atoms with Crippen molar-refractivity contribution in [3.05, 3.63) is 64.4 Å². The van der Waals surface area contributed by atoms with Gasteiger partial charge in [0.05, 0.1) is 13.5 Å². The number of ether oxygens (including phenoxy) is 1. The molecule has 0 saturated carbocycles. The Hall–Kier alpha value is -2.07. The third-order valence-corrected chi connectivity index (χ3v) is 3.58. The van der Waals surface area contributed by atoms with Crippen LogP contribution in [-0.4, -0.2) is 25.0 Å². The molecule has 2 aromatic rings. The lowest BCUT2D eigenvalue weighted by Gasteiger charge is -2.18. The average molecular weight is 322 g/mol. The Morgan fingerprint density at radius 3 is 2.41 bits per heavy atom. The summed E-state index contributed by atoms with van der Waals surface area (Å²) in [5.74, 6) is -0.281. The third-order valence-electron chi connectivity index (χ3n) is 3.33. The van der Waals surface area contributed by atoms with Crippen molar-refractivity contribution in [2.24, 2.45) is 0 Å². The van der Waals surface area contributed by atoms with Gasteiger partial charge in [0.15, 0.2) is 11.6 Å². The van der Waals surface area contributed by atoms with Crippen molar-refractivity contribution in [3.63, 3.8) is 0 Å². The number of methoxy groups -OCH3 is 1. The van der Waals surface area contributed by atoms with Gasteiger partial charge in [-0.25, -0.2) is 4.39 Å². The highest BCUT2D eigenvalue weighted by molar-refractivity contribution is 6.30. The second kappa shape index (κ2) is 7.27. The number of halogens is 2. The Kier molecular flexibility index (Phi) is 5.39. The quantitative estimate of drug-likeness (QED) is 0.840. The summed E-state index contributed by atoms with van der Waals surface area (Å²) in [4.78, 5) is 13.7. The zero-order valence-corrected chi connectivity index (χ0v) is 13.2. The summed E-state index contributed by atoms with van der Waals surface area (Å²) in [6.07, 6.45) is 0.284. The maximum Gasteiger partial charge on any atom is 0.227 e. The van der Waals surface area contributed by atoms with E-state index in [1.807, 2.05) is 12.1 Å². The van der Waals surface area contributed by atoms with Crippen molar-refractivity contribution in [2.45, 2.75) is 13.0 Å². The van der Waals surface area contributed by atoms with Gasteiger partial charge >= 0.3 is 0 Å². The highest BCUT2D eigenvalue weighted by atomic mass is 35.5. The Morgan fingerprint density at radius 1 is 1.18 bits per heavy atom. The smallest absolute Gasteiger partial charge is 0.227 e. The molecule has 0 fully saturated rings. The number of carbonyl (C=O) groups excluding carboxylic acids is 1. The van der Waals surface area contributed by atoms with E-state index in [1.165, 1.54) is 13.2 Å². The maximum atomic E-state index is 13.6. The molecule has 0 radical (unpaired) electrons. The van der Waals surface area contributed by atoms with Crippen molar-refractivity contribution < 1.29 is 13.9 Å². The predicted octanol–water partition coefficient (Wildman–Crippen LogP) is 3.69. The van der Waals surface area contributed by atoms with Crippen molar-refractivity contribution >= 4 is 17.5 Å². The Morgan fingerprint density at radius 2 is 1.82 bits per heavy atom. The van der Waals surface area contributed by atoms with Gasteiger partial charge in [-0.2, -0.15) is 0 Å². The first-order valence-corrected chi connectivity index (χ1v) is 7.18. The van der Waals surface area contributed by atoms with Gasteiger partial charge in [-0.15, -0.1) is 0 Å². The van der Waals surface area contributed by atoms with Gasteiger partial charge in [-0.1, -0.05) is 29.8 Å².